The molecule has 3 amide bonds. The highest BCUT2D eigenvalue weighted by atomic mass is 32.2. The van der Waals surface area contributed by atoms with E-state index in [4.69, 9.17) is 0 Å². The Morgan fingerprint density at radius 2 is 1.57 bits per heavy atom. The maximum atomic E-state index is 12.4. The van der Waals surface area contributed by atoms with Crippen molar-refractivity contribution in [1.29, 1.82) is 0 Å². The second-order valence-electron chi connectivity index (χ2n) is 6.93. The first kappa shape index (κ1) is 19.9. The number of likely N-dealkylation sites (tertiary alicyclic amines) is 1. The second-order valence-corrected chi connectivity index (χ2v) is 9.07. The van der Waals surface area contributed by atoms with E-state index in [1.807, 2.05) is 0 Å². The first-order valence-corrected chi connectivity index (χ1v) is 11.1. The summed E-state index contributed by atoms with van der Waals surface area (Å²) in [6.45, 7) is 1.52. The number of hydrogen-bond donors (Lipinski definition) is 2. The molecule has 148 valence electrons. The van der Waals surface area contributed by atoms with Crippen molar-refractivity contribution in [1.82, 2.24) is 4.90 Å². The van der Waals surface area contributed by atoms with Crippen LogP contribution in [0.5, 0.6) is 0 Å². The predicted octanol–water partition coefficient (Wildman–Crippen LogP) is 3.11. The lowest BCUT2D eigenvalue weighted by Gasteiger charge is -2.16. The van der Waals surface area contributed by atoms with Gasteiger partial charge in [-0.25, -0.2) is 13.2 Å². The molecule has 0 spiro atoms. The van der Waals surface area contributed by atoms with Crippen LogP contribution in [0.2, 0.25) is 0 Å². The van der Waals surface area contributed by atoms with Gasteiger partial charge in [0.1, 0.15) is 0 Å². The van der Waals surface area contributed by atoms with Crippen molar-refractivity contribution < 1.29 is 18.0 Å². The monoisotopic (exact) mass is 401 g/mol. The molecule has 0 bridgehead atoms. The minimum Gasteiger partial charge on any atom is -0.325 e. The Hall–Kier alpha value is -2.87. The molecule has 2 N–H and O–H groups in total. The summed E-state index contributed by atoms with van der Waals surface area (Å²) in [4.78, 5) is 26.4. The normalized spacial score (nSPS) is 14.0. The maximum Gasteiger partial charge on any atom is 0.321 e. The van der Waals surface area contributed by atoms with Crippen LogP contribution in [0.4, 0.5) is 16.2 Å². The van der Waals surface area contributed by atoms with E-state index in [0.717, 1.165) is 25.9 Å². The van der Waals surface area contributed by atoms with Crippen molar-refractivity contribution in [3.8, 4) is 0 Å². The first-order chi connectivity index (χ1) is 13.3. The maximum absolute atomic E-state index is 12.4. The Balaban J connectivity index is 1.63. The molecule has 0 atom stereocenters. The van der Waals surface area contributed by atoms with Crippen molar-refractivity contribution >= 4 is 33.2 Å². The third kappa shape index (κ3) is 5.56. The summed E-state index contributed by atoms with van der Waals surface area (Å²) in [6.07, 6.45) is 3.21. The number of carbonyl (C=O) groups excluding carboxylic acids is 2. The Kier molecular flexibility index (Phi) is 5.99. The van der Waals surface area contributed by atoms with Crippen LogP contribution in [0.3, 0.4) is 0 Å². The number of urea groups is 1. The quantitative estimate of drug-likeness (QED) is 0.805. The lowest BCUT2D eigenvalue weighted by molar-refractivity contribution is 0.102. The molecule has 1 saturated heterocycles. The molecular weight excluding hydrogens is 378 g/mol. The Morgan fingerprint density at radius 1 is 0.964 bits per heavy atom. The van der Waals surface area contributed by atoms with Crippen LogP contribution in [0, 0.1) is 0 Å². The van der Waals surface area contributed by atoms with E-state index in [1.165, 1.54) is 6.26 Å². The van der Waals surface area contributed by atoms with Crippen molar-refractivity contribution in [3.63, 3.8) is 0 Å². The zero-order valence-electron chi connectivity index (χ0n) is 15.6. The van der Waals surface area contributed by atoms with Gasteiger partial charge < -0.3 is 15.5 Å². The minimum absolute atomic E-state index is 0.0618. The van der Waals surface area contributed by atoms with E-state index in [-0.39, 0.29) is 17.7 Å². The third-order valence-corrected chi connectivity index (χ3v) is 5.27. The van der Waals surface area contributed by atoms with Crippen LogP contribution in [0.25, 0.3) is 0 Å². The predicted molar refractivity (Wildman–Crippen MR) is 109 cm³/mol. The molecule has 1 fully saturated rings. The van der Waals surface area contributed by atoms with Crippen molar-refractivity contribution in [2.75, 3.05) is 30.0 Å². The molecule has 8 heteroatoms. The molecule has 1 aliphatic heterocycles. The van der Waals surface area contributed by atoms with E-state index in [1.54, 1.807) is 53.4 Å². The highest BCUT2D eigenvalue weighted by Crippen LogP contribution is 2.18. The fourth-order valence-corrected chi connectivity index (χ4v) is 3.85. The molecule has 3 rings (SSSR count). The number of amides is 3. The molecule has 1 heterocycles. The van der Waals surface area contributed by atoms with Gasteiger partial charge in [-0.2, -0.15) is 0 Å². The van der Waals surface area contributed by atoms with Gasteiger partial charge in [0, 0.05) is 36.3 Å². The third-order valence-electron chi connectivity index (χ3n) is 4.41. The van der Waals surface area contributed by atoms with Crippen LogP contribution in [-0.2, 0) is 15.6 Å². The van der Waals surface area contributed by atoms with E-state index < -0.39 is 9.84 Å². The largest absolute Gasteiger partial charge is 0.325 e. The zero-order chi connectivity index (χ0) is 20.1. The van der Waals surface area contributed by atoms with Crippen molar-refractivity contribution in [3.05, 3.63) is 59.7 Å². The summed E-state index contributed by atoms with van der Waals surface area (Å²) in [5, 5.41) is 5.63. The van der Waals surface area contributed by atoms with Crippen LogP contribution in [0.1, 0.15) is 28.8 Å². The highest BCUT2D eigenvalue weighted by molar-refractivity contribution is 7.89. The number of sulfone groups is 1. The van der Waals surface area contributed by atoms with Gasteiger partial charge in [-0.15, -0.1) is 0 Å². The summed E-state index contributed by atoms with van der Waals surface area (Å²) in [5.74, 6) is -0.373. The molecule has 0 radical (unpaired) electrons. The summed E-state index contributed by atoms with van der Waals surface area (Å²) in [6, 6.07) is 13.3. The van der Waals surface area contributed by atoms with Crippen molar-refractivity contribution in [2.24, 2.45) is 0 Å². The second kappa shape index (κ2) is 8.43. The molecule has 7 nitrogen and oxygen atoms in total. The number of nitrogens with one attached hydrogen (secondary N) is 2. The zero-order valence-corrected chi connectivity index (χ0v) is 16.5. The number of benzene rings is 2. The van der Waals surface area contributed by atoms with E-state index in [2.05, 4.69) is 10.6 Å². The van der Waals surface area contributed by atoms with Gasteiger partial charge in [-0.3, -0.25) is 4.79 Å². The van der Waals surface area contributed by atoms with Gasteiger partial charge in [0.2, 0.25) is 0 Å². The molecule has 0 saturated carbocycles. The topological polar surface area (TPSA) is 95.6 Å². The van der Waals surface area contributed by atoms with Crippen LogP contribution in [-0.4, -0.2) is 44.6 Å². The van der Waals surface area contributed by atoms with Crippen LogP contribution < -0.4 is 10.6 Å². The minimum atomic E-state index is -3.12. The Bertz CT molecular complexity index is 965. The molecule has 1 aliphatic rings. The number of carbonyl (C=O) groups is 2. The summed E-state index contributed by atoms with van der Waals surface area (Å²) < 4.78 is 22.7. The number of anilines is 2. The standard InChI is InChI=1S/C20H23N3O4S/c1-28(26,27)14-15-7-9-16(10-8-15)19(24)21-17-5-4-6-18(13-17)22-20(25)23-11-2-3-12-23/h4-10,13H,2-3,11-12,14H2,1H3,(H,21,24)(H,22,25). The van der Waals surface area contributed by atoms with Gasteiger partial charge in [0.15, 0.2) is 9.84 Å². The Morgan fingerprint density at radius 3 is 2.18 bits per heavy atom. The first-order valence-electron chi connectivity index (χ1n) is 9.04. The molecule has 2 aromatic carbocycles. The fraction of sp³-hybridized carbons (Fsp3) is 0.300. The molecule has 0 unspecified atom stereocenters. The SMILES string of the molecule is CS(=O)(=O)Cc1ccc(C(=O)Nc2cccc(NC(=O)N3CCCC3)c2)cc1. The van der Waals surface area contributed by atoms with Crippen LogP contribution >= 0.6 is 0 Å². The summed E-state index contributed by atoms with van der Waals surface area (Å²) in [5.41, 5.74) is 2.22. The van der Waals surface area contributed by atoms with E-state index >= 15 is 0 Å². The average Bonchev–Trinajstić information content (AvgIpc) is 3.16. The van der Waals surface area contributed by atoms with Gasteiger partial charge in [-0.05, 0) is 48.7 Å². The van der Waals surface area contributed by atoms with E-state index in [0.29, 0.717) is 22.5 Å². The molecular formula is C20H23N3O4S. The lowest BCUT2D eigenvalue weighted by Crippen LogP contribution is -2.32. The van der Waals surface area contributed by atoms with Gasteiger partial charge in [0.25, 0.3) is 5.91 Å². The number of rotatable bonds is 5. The van der Waals surface area contributed by atoms with Crippen molar-refractivity contribution in [2.45, 2.75) is 18.6 Å². The molecule has 0 aliphatic carbocycles. The Labute approximate surface area is 164 Å². The van der Waals surface area contributed by atoms with Crippen LogP contribution in [0.15, 0.2) is 48.5 Å². The summed E-state index contributed by atoms with van der Waals surface area (Å²) in [7, 11) is -3.12. The fourth-order valence-electron chi connectivity index (χ4n) is 3.06. The smallest absolute Gasteiger partial charge is 0.321 e. The van der Waals surface area contributed by atoms with Gasteiger partial charge in [-0.1, -0.05) is 18.2 Å². The average molecular weight is 401 g/mol. The molecule has 0 aromatic heterocycles. The lowest BCUT2D eigenvalue weighted by atomic mass is 10.1. The summed E-state index contributed by atoms with van der Waals surface area (Å²) >= 11 is 0. The number of nitrogens with zero attached hydrogens (tertiary/aromatic N) is 1. The van der Waals surface area contributed by atoms with Gasteiger partial charge >= 0.3 is 6.03 Å². The number of hydrogen-bond acceptors (Lipinski definition) is 4. The molecule has 2 aromatic rings. The van der Waals surface area contributed by atoms with Gasteiger partial charge in [0.05, 0.1) is 5.75 Å². The molecule has 28 heavy (non-hydrogen) atoms. The van der Waals surface area contributed by atoms with E-state index in [9.17, 15) is 18.0 Å². The highest BCUT2D eigenvalue weighted by Gasteiger charge is 2.17.